The van der Waals surface area contributed by atoms with Gasteiger partial charge in [0.15, 0.2) is 0 Å². The van der Waals surface area contributed by atoms with Gasteiger partial charge in [0.1, 0.15) is 5.75 Å². The summed E-state index contributed by atoms with van der Waals surface area (Å²) in [6, 6.07) is 13.9. The molecule has 0 saturated carbocycles. The Hall–Kier alpha value is -2.47. The normalized spacial score (nSPS) is 15.2. The number of rotatable bonds is 5. The molecule has 0 N–H and O–H groups in total. The van der Waals surface area contributed by atoms with E-state index in [2.05, 4.69) is 0 Å². The SMILES string of the molecule is CS(=O)Cc1cccc(C(=O)Oc2ccc(N3CCCC3=O)cc2)c1. The quantitative estimate of drug-likeness (QED) is 0.610. The van der Waals surface area contributed by atoms with Crippen molar-refractivity contribution in [3.05, 3.63) is 59.7 Å². The van der Waals surface area contributed by atoms with Crippen molar-refractivity contribution in [1.29, 1.82) is 0 Å². The number of hydrogen-bond donors (Lipinski definition) is 0. The van der Waals surface area contributed by atoms with Crippen molar-refractivity contribution in [2.75, 3.05) is 17.7 Å². The molecule has 0 bridgehead atoms. The van der Waals surface area contributed by atoms with Crippen LogP contribution in [0.25, 0.3) is 0 Å². The molecule has 1 aliphatic heterocycles. The second kappa shape index (κ2) is 7.61. The van der Waals surface area contributed by atoms with E-state index in [1.165, 1.54) is 0 Å². The van der Waals surface area contributed by atoms with E-state index in [-0.39, 0.29) is 5.91 Å². The number of esters is 1. The van der Waals surface area contributed by atoms with Gasteiger partial charge >= 0.3 is 5.97 Å². The highest BCUT2D eigenvalue weighted by atomic mass is 32.2. The fraction of sp³-hybridized carbons (Fsp3) is 0.263. The van der Waals surface area contributed by atoms with Crippen LogP contribution in [-0.2, 0) is 21.3 Å². The zero-order valence-electron chi connectivity index (χ0n) is 13.9. The van der Waals surface area contributed by atoms with E-state index < -0.39 is 16.8 Å². The third kappa shape index (κ3) is 4.33. The summed E-state index contributed by atoms with van der Waals surface area (Å²) in [5, 5.41) is 0. The first kappa shape index (κ1) is 17.4. The molecule has 0 aromatic heterocycles. The van der Waals surface area contributed by atoms with Gasteiger partial charge in [-0.1, -0.05) is 12.1 Å². The van der Waals surface area contributed by atoms with Crippen molar-refractivity contribution >= 4 is 28.4 Å². The van der Waals surface area contributed by atoms with Gasteiger partial charge < -0.3 is 9.64 Å². The van der Waals surface area contributed by atoms with Gasteiger partial charge in [0.05, 0.1) is 5.56 Å². The molecular weight excluding hydrogens is 338 g/mol. The molecule has 1 aliphatic rings. The molecule has 1 unspecified atom stereocenters. The van der Waals surface area contributed by atoms with Crippen LogP contribution in [0.2, 0.25) is 0 Å². The summed E-state index contributed by atoms with van der Waals surface area (Å²) < 4.78 is 16.7. The first-order valence-electron chi connectivity index (χ1n) is 8.04. The van der Waals surface area contributed by atoms with Crippen molar-refractivity contribution in [1.82, 2.24) is 0 Å². The Bertz CT molecular complexity index is 816. The minimum Gasteiger partial charge on any atom is -0.423 e. The lowest BCUT2D eigenvalue weighted by Gasteiger charge is -2.15. The molecule has 6 heteroatoms. The topological polar surface area (TPSA) is 63.7 Å². The highest BCUT2D eigenvalue weighted by Crippen LogP contribution is 2.24. The van der Waals surface area contributed by atoms with E-state index in [1.54, 1.807) is 53.6 Å². The molecule has 1 amide bonds. The average Bonchev–Trinajstić information content (AvgIpc) is 3.01. The van der Waals surface area contributed by atoms with Gasteiger partial charge in [-0.05, 0) is 48.4 Å². The maximum Gasteiger partial charge on any atom is 0.343 e. The van der Waals surface area contributed by atoms with E-state index in [0.29, 0.717) is 23.5 Å². The Morgan fingerprint density at radius 3 is 2.60 bits per heavy atom. The third-order valence-electron chi connectivity index (χ3n) is 3.96. The Morgan fingerprint density at radius 2 is 1.96 bits per heavy atom. The molecule has 0 spiro atoms. The van der Waals surface area contributed by atoms with E-state index in [9.17, 15) is 13.8 Å². The molecule has 25 heavy (non-hydrogen) atoms. The first-order chi connectivity index (χ1) is 12.0. The standard InChI is InChI=1S/C19H19NO4S/c1-25(23)13-14-4-2-5-15(12-14)19(22)24-17-9-7-16(8-10-17)20-11-3-6-18(20)21/h2,4-5,7-10,12H,3,6,11,13H2,1H3. The number of carbonyl (C=O) groups is 2. The maximum atomic E-state index is 12.3. The van der Waals surface area contributed by atoms with Crippen LogP contribution in [-0.4, -0.2) is 28.9 Å². The molecule has 130 valence electrons. The summed E-state index contributed by atoms with van der Waals surface area (Å²) >= 11 is 0. The lowest BCUT2D eigenvalue weighted by atomic mass is 10.1. The maximum absolute atomic E-state index is 12.3. The molecule has 1 heterocycles. The first-order valence-corrected chi connectivity index (χ1v) is 9.77. The summed E-state index contributed by atoms with van der Waals surface area (Å²) in [4.78, 5) is 25.8. The van der Waals surface area contributed by atoms with Crippen molar-refractivity contribution < 1.29 is 18.5 Å². The van der Waals surface area contributed by atoms with Crippen LogP contribution in [0.15, 0.2) is 48.5 Å². The zero-order valence-corrected chi connectivity index (χ0v) is 14.8. The molecule has 5 nitrogen and oxygen atoms in total. The Kier molecular flexibility index (Phi) is 5.28. The molecule has 3 rings (SSSR count). The average molecular weight is 357 g/mol. The number of carbonyl (C=O) groups excluding carboxylic acids is 2. The molecule has 0 aliphatic carbocycles. The smallest absolute Gasteiger partial charge is 0.343 e. The lowest BCUT2D eigenvalue weighted by molar-refractivity contribution is -0.117. The number of nitrogens with zero attached hydrogens (tertiary/aromatic N) is 1. The van der Waals surface area contributed by atoms with Crippen LogP contribution < -0.4 is 9.64 Å². The summed E-state index contributed by atoms with van der Waals surface area (Å²) in [7, 11) is -0.967. The molecule has 1 saturated heterocycles. The van der Waals surface area contributed by atoms with Crippen LogP contribution in [0, 0.1) is 0 Å². The molecular formula is C19H19NO4S. The van der Waals surface area contributed by atoms with Crippen molar-refractivity contribution in [3.8, 4) is 5.75 Å². The molecule has 1 fully saturated rings. The lowest BCUT2D eigenvalue weighted by Crippen LogP contribution is -2.23. The van der Waals surface area contributed by atoms with E-state index in [1.807, 2.05) is 6.07 Å². The van der Waals surface area contributed by atoms with E-state index >= 15 is 0 Å². The van der Waals surface area contributed by atoms with Crippen LogP contribution in [0.1, 0.15) is 28.8 Å². The number of hydrogen-bond acceptors (Lipinski definition) is 4. The Labute approximate surface area is 149 Å². The summed E-state index contributed by atoms with van der Waals surface area (Å²) in [5.41, 5.74) is 2.06. The van der Waals surface area contributed by atoms with Gasteiger partial charge in [0, 0.05) is 41.5 Å². The molecule has 2 aromatic carbocycles. The summed E-state index contributed by atoms with van der Waals surface area (Å²) in [5.74, 6) is 0.480. The van der Waals surface area contributed by atoms with E-state index in [0.717, 1.165) is 24.2 Å². The molecule has 0 radical (unpaired) electrons. The molecule has 1 atom stereocenters. The van der Waals surface area contributed by atoms with E-state index in [4.69, 9.17) is 4.74 Å². The van der Waals surface area contributed by atoms with Crippen LogP contribution in [0.5, 0.6) is 5.75 Å². The fourth-order valence-electron chi connectivity index (χ4n) is 2.80. The summed E-state index contributed by atoms with van der Waals surface area (Å²) in [6.07, 6.45) is 3.07. The number of amides is 1. The van der Waals surface area contributed by atoms with Gasteiger partial charge in [-0.3, -0.25) is 9.00 Å². The minimum absolute atomic E-state index is 0.120. The van der Waals surface area contributed by atoms with Crippen molar-refractivity contribution in [3.63, 3.8) is 0 Å². The monoisotopic (exact) mass is 357 g/mol. The predicted molar refractivity (Wildman–Crippen MR) is 97.2 cm³/mol. The Balaban J connectivity index is 1.68. The van der Waals surface area contributed by atoms with Crippen molar-refractivity contribution in [2.24, 2.45) is 0 Å². The van der Waals surface area contributed by atoms with Crippen molar-refractivity contribution in [2.45, 2.75) is 18.6 Å². The van der Waals surface area contributed by atoms with Crippen LogP contribution in [0.4, 0.5) is 5.69 Å². The Morgan fingerprint density at radius 1 is 1.20 bits per heavy atom. The number of benzene rings is 2. The van der Waals surface area contributed by atoms with Crippen LogP contribution >= 0.6 is 0 Å². The molecule has 2 aromatic rings. The van der Waals surface area contributed by atoms with Crippen LogP contribution in [0.3, 0.4) is 0 Å². The fourth-order valence-corrected chi connectivity index (χ4v) is 3.45. The largest absolute Gasteiger partial charge is 0.423 e. The highest BCUT2D eigenvalue weighted by molar-refractivity contribution is 7.83. The number of anilines is 1. The second-order valence-electron chi connectivity index (χ2n) is 5.95. The predicted octanol–water partition coefficient (Wildman–Crippen LogP) is 2.91. The van der Waals surface area contributed by atoms with Gasteiger partial charge in [-0.15, -0.1) is 0 Å². The highest BCUT2D eigenvalue weighted by Gasteiger charge is 2.21. The van der Waals surface area contributed by atoms with Gasteiger partial charge in [-0.25, -0.2) is 4.79 Å². The third-order valence-corrected chi connectivity index (χ3v) is 4.70. The van der Waals surface area contributed by atoms with Gasteiger partial charge in [-0.2, -0.15) is 0 Å². The van der Waals surface area contributed by atoms with Gasteiger partial charge in [0.25, 0.3) is 0 Å². The zero-order chi connectivity index (χ0) is 17.8. The number of ether oxygens (including phenoxy) is 1. The second-order valence-corrected chi connectivity index (χ2v) is 7.39. The summed E-state index contributed by atoms with van der Waals surface area (Å²) in [6.45, 7) is 0.726. The minimum atomic E-state index is -0.967. The van der Waals surface area contributed by atoms with Gasteiger partial charge in [0.2, 0.25) is 5.91 Å².